The van der Waals surface area contributed by atoms with Crippen LogP contribution in [0.5, 0.6) is 5.75 Å². The molecule has 1 unspecified atom stereocenters. The second-order valence-corrected chi connectivity index (χ2v) is 7.54. The summed E-state index contributed by atoms with van der Waals surface area (Å²) in [5.74, 6) is 1.39. The second-order valence-electron chi connectivity index (χ2n) is 7.54. The van der Waals surface area contributed by atoms with Gasteiger partial charge in [-0.1, -0.05) is 43.3 Å². The first-order valence-electron chi connectivity index (χ1n) is 9.38. The van der Waals surface area contributed by atoms with Crippen LogP contribution in [0, 0.1) is 5.92 Å². The molecule has 0 radical (unpaired) electrons. The van der Waals surface area contributed by atoms with Crippen molar-refractivity contribution in [1.82, 2.24) is 0 Å². The molecule has 136 valence electrons. The maximum atomic E-state index is 5.57. The Morgan fingerprint density at radius 3 is 2.62 bits per heavy atom. The Hall–Kier alpha value is -2.48. The zero-order chi connectivity index (χ0) is 18.7. The van der Waals surface area contributed by atoms with Crippen LogP contribution >= 0.6 is 0 Å². The summed E-state index contributed by atoms with van der Waals surface area (Å²) in [5.41, 5.74) is 6.17. The van der Waals surface area contributed by atoms with Gasteiger partial charge in [0.15, 0.2) is 0 Å². The summed E-state index contributed by atoms with van der Waals surface area (Å²) >= 11 is 0. The number of methoxy groups -OCH3 is 1. The van der Waals surface area contributed by atoms with Crippen molar-refractivity contribution in [2.45, 2.75) is 39.2 Å². The number of allylic oxidation sites excluding steroid dienone is 2. The van der Waals surface area contributed by atoms with Crippen LogP contribution in [0.25, 0.3) is 16.7 Å². The third-order valence-corrected chi connectivity index (χ3v) is 5.11. The highest BCUT2D eigenvalue weighted by molar-refractivity contribution is 5.86. The summed E-state index contributed by atoms with van der Waals surface area (Å²) in [4.78, 5) is 0. The number of para-hydroxylation sites is 1. The Bertz CT molecular complexity index is 832. The molecule has 3 rings (SSSR count). The predicted molar refractivity (Wildman–Crippen MR) is 113 cm³/mol. The molecule has 0 spiro atoms. The van der Waals surface area contributed by atoms with Crippen LogP contribution < -0.4 is 10.1 Å². The molecule has 2 aromatic carbocycles. The van der Waals surface area contributed by atoms with Gasteiger partial charge >= 0.3 is 0 Å². The monoisotopic (exact) mass is 347 g/mol. The van der Waals surface area contributed by atoms with Gasteiger partial charge in [0.25, 0.3) is 0 Å². The molecule has 1 N–H and O–H groups in total. The Morgan fingerprint density at radius 1 is 1.15 bits per heavy atom. The number of ether oxygens (including phenoxy) is 1. The lowest BCUT2D eigenvalue weighted by atomic mass is 9.80. The van der Waals surface area contributed by atoms with Crippen molar-refractivity contribution in [3.8, 4) is 16.9 Å². The van der Waals surface area contributed by atoms with Crippen molar-refractivity contribution in [2.24, 2.45) is 5.92 Å². The molecule has 0 bridgehead atoms. The lowest BCUT2D eigenvalue weighted by molar-refractivity contribution is 0.416. The van der Waals surface area contributed by atoms with Crippen molar-refractivity contribution in [3.63, 3.8) is 0 Å². The molecule has 1 heterocycles. The quantitative estimate of drug-likeness (QED) is 0.598. The summed E-state index contributed by atoms with van der Waals surface area (Å²) in [6.07, 6.45) is 6.52. The molecule has 0 fully saturated rings. The fourth-order valence-corrected chi connectivity index (χ4v) is 3.84. The first-order valence-corrected chi connectivity index (χ1v) is 9.38. The molecular formula is C24H29NO. The van der Waals surface area contributed by atoms with Crippen molar-refractivity contribution in [1.29, 1.82) is 0 Å². The minimum absolute atomic E-state index is 0.0527. The van der Waals surface area contributed by atoms with E-state index < -0.39 is 0 Å². The number of rotatable bonds is 6. The van der Waals surface area contributed by atoms with Gasteiger partial charge in [0.2, 0.25) is 0 Å². The van der Waals surface area contributed by atoms with E-state index in [4.69, 9.17) is 4.74 Å². The lowest BCUT2D eigenvalue weighted by Crippen LogP contribution is -2.32. The van der Waals surface area contributed by atoms with Crippen LogP contribution in [0.2, 0.25) is 0 Å². The minimum Gasteiger partial charge on any atom is -0.496 e. The van der Waals surface area contributed by atoms with E-state index in [1.807, 2.05) is 18.2 Å². The van der Waals surface area contributed by atoms with Crippen LogP contribution in [0.1, 0.15) is 39.2 Å². The van der Waals surface area contributed by atoms with Gasteiger partial charge in [-0.3, -0.25) is 0 Å². The van der Waals surface area contributed by atoms with Gasteiger partial charge in [0, 0.05) is 16.8 Å². The summed E-state index contributed by atoms with van der Waals surface area (Å²) < 4.78 is 5.57. The molecule has 0 aliphatic carbocycles. The summed E-state index contributed by atoms with van der Waals surface area (Å²) in [5, 5.41) is 3.66. The van der Waals surface area contributed by atoms with Gasteiger partial charge in [-0.15, -0.1) is 6.58 Å². The van der Waals surface area contributed by atoms with Crippen molar-refractivity contribution >= 4 is 11.3 Å². The highest BCUT2D eigenvalue weighted by Crippen LogP contribution is 2.42. The van der Waals surface area contributed by atoms with Crippen LogP contribution in [-0.4, -0.2) is 12.6 Å². The Labute approximate surface area is 157 Å². The molecule has 0 saturated carbocycles. The summed E-state index contributed by atoms with van der Waals surface area (Å²) in [7, 11) is 1.73. The standard InChI is InChI=1S/C24H29NO/c1-6-10-17(7-2)21-16-24(3,4)25-22-14-13-18(15-20(21)22)19-11-8-9-12-23(19)26-5/h6,8-9,11-17,25H,1,7,10H2,2-5H3. The molecule has 0 amide bonds. The Morgan fingerprint density at radius 2 is 1.92 bits per heavy atom. The molecule has 2 nitrogen and oxygen atoms in total. The number of nitrogens with one attached hydrogen (secondary N) is 1. The molecule has 1 aliphatic heterocycles. The van der Waals surface area contributed by atoms with Gasteiger partial charge in [0.1, 0.15) is 5.75 Å². The van der Waals surface area contributed by atoms with E-state index in [9.17, 15) is 0 Å². The van der Waals surface area contributed by atoms with E-state index in [0.717, 1.165) is 24.2 Å². The van der Waals surface area contributed by atoms with E-state index >= 15 is 0 Å². The SMILES string of the molecule is C=CCC(CC)C1=CC(C)(C)Nc2ccc(-c3ccccc3OC)cc21. The molecule has 2 heteroatoms. The fraction of sp³-hybridized carbons (Fsp3) is 0.333. The Kier molecular flexibility index (Phi) is 5.22. The van der Waals surface area contributed by atoms with E-state index in [2.05, 4.69) is 69.1 Å². The maximum absolute atomic E-state index is 5.57. The third-order valence-electron chi connectivity index (χ3n) is 5.11. The first kappa shape index (κ1) is 18.3. The number of hydrogen-bond donors (Lipinski definition) is 1. The van der Waals surface area contributed by atoms with Crippen LogP contribution in [0.4, 0.5) is 5.69 Å². The number of hydrogen-bond acceptors (Lipinski definition) is 2. The molecule has 2 aromatic rings. The molecule has 26 heavy (non-hydrogen) atoms. The van der Waals surface area contributed by atoms with Crippen molar-refractivity contribution in [3.05, 3.63) is 66.8 Å². The number of fused-ring (bicyclic) bond motifs is 1. The zero-order valence-corrected chi connectivity index (χ0v) is 16.3. The molecule has 1 atom stereocenters. The number of anilines is 1. The van der Waals surface area contributed by atoms with Crippen LogP contribution in [0.15, 0.2) is 61.2 Å². The number of benzene rings is 2. The van der Waals surface area contributed by atoms with E-state index in [-0.39, 0.29) is 5.54 Å². The predicted octanol–water partition coefficient (Wildman–Crippen LogP) is 6.55. The smallest absolute Gasteiger partial charge is 0.126 e. The summed E-state index contributed by atoms with van der Waals surface area (Å²) in [6, 6.07) is 14.9. The van der Waals surface area contributed by atoms with Gasteiger partial charge in [0.05, 0.1) is 12.6 Å². The molecule has 1 aliphatic rings. The average molecular weight is 348 g/mol. The zero-order valence-electron chi connectivity index (χ0n) is 16.3. The molecule has 0 saturated heterocycles. The third kappa shape index (κ3) is 3.55. The van der Waals surface area contributed by atoms with Crippen molar-refractivity contribution < 1.29 is 4.74 Å². The van der Waals surface area contributed by atoms with E-state index in [0.29, 0.717) is 5.92 Å². The molecular weight excluding hydrogens is 318 g/mol. The highest BCUT2D eigenvalue weighted by Gasteiger charge is 2.27. The minimum atomic E-state index is -0.0527. The normalized spacial score (nSPS) is 16.1. The van der Waals surface area contributed by atoms with Crippen LogP contribution in [0.3, 0.4) is 0 Å². The van der Waals surface area contributed by atoms with E-state index in [1.165, 1.54) is 22.4 Å². The highest BCUT2D eigenvalue weighted by atomic mass is 16.5. The van der Waals surface area contributed by atoms with Gasteiger partial charge < -0.3 is 10.1 Å². The average Bonchev–Trinajstić information content (AvgIpc) is 2.64. The largest absolute Gasteiger partial charge is 0.496 e. The lowest BCUT2D eigenvalue weighted by Gasteiger charge is -2.35. The van der Waals surface area contributed by atoms with Gasteiger partial charge in [-0.25, -0.2) is 0 Å². The van der Waals surface area contributed by atoms with E-state index in [1.54, 1.807) is 7.11 Å². The van der Waals surface area contributed by atoms with Gasteiger partial charge in [-0.2, -0.15) is 0 Å². The van der Waals surface area contributed by atoms with Crippen molar-refractivity contribution in [2.75, 3.05) is 12.4 Å². The van der Waals surface area contributed by atoms with Gasteiger partial charge in [-0.05, 0) is 61.9 Å². The fourth-order valence-electron chi connectivity index (χ4n) is 3.84. The van der Waals surface area contributed by atoms with Crippen LogP contribution in [-0.2, 0) is 0 Å². The second kappa shape index (κ2) is 7.41. The molecule has 0 aromatic heterocycles. The maximum Gasteiger partial charge on any atom is 0.126 e. The summed E-state index contributed by atoms with van der Waals surface area (Å²) in [6.45, 7) is 10.7. The Balaban J connectivity index is 2.13. The topological polar surface area (TPSA) is 21.3 Å². The first-order chi connectivity index (χ1) is 12.5.